The summed E-state index contributed by atoms with van der Waals surface area (Å²) in [6, 6.07) is 0. The summed E-state index contributed by atoms with van der Waals surface area (Å²) in [6.07, 6.45) is 3.36. The summed E-state index contributed by atoms with van der Waals surface area (Å²) in [4.78, 5) is 7.95. The molecule has 56 valence electrons. The highest BCUT2D eigenvalue weighted by molar-refractivity contribution is 6.19. The van der Waals surface area contributed by atoms with Crippen LogP contribution in [0, 0.1) is 18.8 Å². The van der Waals surface area contributed by atoms with Gasteiger partial charge in [-0.15, -0.1) is 11.6 Å². The molecule has 0 aliphatic rings. The van der Waals surface area contributed by atoms with Gasteiger partial charge in [-0.2, -0.15) is 0 Å². The Morgan fingerprint density at radius 1 is 1.45 bits per heavy atom. The Hall–Kier alpha value is -1.07. The van der Waals surface area contributed by atoms with Crippen molar-refractivity contribution in [3.63, 3.8) is 0 Å². The quantitative estimate of drug-likeness (QED) is 0.430. The maximum atomic E-state index is 5.37. The molecule has 11 heavy (non-hydrogen) atoms. The highest BCUT2D eigenvalue weighted by atomic mass is 35.5. The average Bonchev–Trinajstić information content (AvgIpc) is 2.04. The van der Waals surface area contributed by atoms with Crippen LogP contribution in [-0.2, 0) is 0 Å². The molecule has 1 aromatic heterocycles. The van der Waals surface area contributed by atoms with E-state index in [1.54, 1.807) is 12.4 Å². The second-order valence-corrected chi connectivity index (χ2v) is 2.22. The Morgan fingerprint density at radius 2 is 2.09 bits per heavy atom. The van der Waals surface area contributed by atoms with E-state index < -0.39 is 0 Å². The van der Waals surface area contributed by atoms with Gasteiger partial charge in [0.2, 0.25) is 0 Å². The predicted octanol–water partition coefficient (Wildman–Crippen LogP) is 1.38. The largest absolute Gasteiger partial charge is 0.240 e. The lowest BCUT2D eigenvalue weighted by atomic mass is 10.3. The highest BCUT2D eigenvalue weighted by Gasteiger charge is 1.86. The lowest BCUT2D eigenvalue weighted by molar-refractivity contribution is 1.05. The summed E-state index contributed by atoms with van der Waals surface area (Å²) in [7, 11) is 0. The molecule has 0 aliphatic carbocycles. The van der Waals surface area contributed by atoms with Gasteiger partial charge in [-0.25, -0.2) is 9.97 Å². The van der Waals surface area contributed by atoms with Gasteiger partial charge in [0.1, 0.15) is 5.82 Å². The normalized spacial score (nSPS) is 8.55. The van der Waals surface area contributed by atoms with E-state index in [1.807, 2.05) is 6.92 Å². The molecule has 0 N–H and O–H groups in total. The molecule has 1 aromatic rings. The van der Waals surface area contributed by atoms with Crippen molar-refractivity contribution in [3.8, 4) is 11.8 Å². The summed E-state index contributed by atoms with van der Waals surface area (Å²) < 4.78 is 0. The molecular weight excluding hydrogens is 160 g/mol. The number of alkyl halides is 1. The summed E-state index contributed by atoms with van der Waals surface area (Å²) in [6.45, 7) is 1.83. The fourth-order valence-corrected chi connectivity index (χ4v) is 0.659. The zero-order valence-electron chi connectivity index (χ0n) is 6.13. The van der Waals surface area contributed by atoms with Crippen molar-refractivity contribution >= 4 is 11.6 Å². The minimum absolute atomic E-state index is 0.341. The van der Waals surface area contributed by atoms with Gasteiger partial charge in [-0.1, -0.05) is 11.8 Å². The molecule has 0 spiro atoms. The van der Waals surface area contributed by atoms with Gasteiger partial charge < -0.3 is 0 Å². The second-order valence-electron chi connectivity index (χ2n) is 1.95. The molecule has 0 saturated heterocycles. The topological polar surface area (TPSA) is 25.8 Å². The Morgan fingerprint density at radius 3 is 2.64 bits per heavy atom. The molecule has 0 atom stereocenters. The van der Waals surface area contributed by atoms with Crippen LogP contribution in [0.1, 0.15) is 11.4 Å². The first-order valence-corrected chi connectivity index (χ1v) is 3.70. The Kier molecular flexibility index (Phi) is 2.88. The molecular formula is C8H7ClN2. The third kappa shape index (κ3) is 2.57. The minimum atomic E-state index is 0.341. The van der Waals surface area contributed by atoms with Crippen molar-refractivity contribution in [2.75, 3.05) is 5.88 Å². The molecule has 0 amide bonds. The third-order valence-corrected chi connectivity index (χ3v) is 1.21. The standard InChI is InChI=1S/C8H7ClN2/c1-7-10-5-8(6-11-7)3-2-4-9/h5-6H,4H2,1H3. The van der Waals surface area contributed by atoms with Crippen molar-refractivity contribution in [2.24, 2.45) is 0 Å². The van der Waals surface area contributed by atoms with Gasteiger partial charge in [-0.05, 0) is 6.92 Å². The summed E-state index contributed by atoms with van der Waals surface area (Å²) in [5.74, 6) is 6.63. The number of rotatable bonds is 0. The molecule has 0 aromatic carbocycles. The average molecular weight is 167 g/mol. The van der Waals surface area contributed by atoms with Crippen molar-refractivity contribution in [2.45, 2.75) is 6.92 Å². The van der Waals surface area contributed by atoms with E-state index in [1.165, 1.54) is 0 Å². The Balaban J connectivity index is 2.82. The lowest BCUT2D eigenvalue weighted by Crippen LogP contribution is -1.86. The summed E-state index contributed by atoms with van der Waals surface area (Å²) in [5.41, 5.74) is 0.802. The second kappa shape index (κ2) is 3.95. The molecule has 1 heterocycles. The zero-order valence-corrected chi connectivity index (χ0v) is 6.89. The van der Waals surface area contributed by atoms with Crippen LogP contribution in [0.15, 0.2) is 12.4 Å². The molecule has 0 saturated carbocycles. The van der Waals surface area contributed by atoms with E-state index in [0.29, 0.717) is 5.88 Å². The van der Waals surface area contributed by atoms with E-state index in [4.69, 9.17) is 11.6 Å². The van der Waals surface area contributed by atoms with Crippen LogP contribution in [0.5, 0.6) is 0 Å². The molecule has 0 bridgehead atoms. The van der Waals surface area contributed by atoms with Gasteiger partial charge >= 0.3 is 0 Å². The monoisotopic (exact) mass is 166 g/mol. The van der Waals surface area contributed by atoms with E-state index in [2.05, 4.69) is 21.8 Å². The number of nitrogens with zero attached hydrogens (tertiary/aromatic N) is 2. The van der Waals surface area contributed by atoms with E-state index in [-0.39, 0.29) is 0 Å². The smallest absolute Gasteiger partial charge is 0.125 e. The molecule has 0 aliphatic heterocycles. The van der Waals surface area contributed by atoms with Crippen molar-refractivity contribution in [1.29, 1.82) is 0 Å². The van der Waals surface area contributed by atoms with Crippen LogP contribution in [0.3, 0.4) is 0 Å². The third-order valence-electron chi connectivity index (χ3n) is 1.08. The van der Waals surface area contributed by atoms with Crippen LogP contribution in [0.25, 0.3) is 0 Å². The van der Waals surface area contributed by atoms with Crippen molar-refractivity contribution < 1.29 is 0 Å². The van der Waals surface area contributed by atoms with Crippen molar-refractivity contribution in [3.05, 3.63) is 23.8 Å². The SMILES string of the molecule is Cc1ncc(C#CCCl)cn1. The fraction of sp³-hybridized carbons (Fsp3) is 0.250. The van der Waals surface area contributed by atoms with Crippen LogP contribution in [0.4, 0.5) is 0 Å². The minimum Gasteiger partial charge on any atom is -0.240 e. The number of aromatic nitrogens is 2. The predicted molar refractivity (Wildman–Crippen MR) is 44.4 cm³/mol. The van der Waals surface area contributed by atoms with Gasteiger partial charge in [-0.3, -0.25) is 0 Å². The Labute approximate surface area is 70.6 Å². The van der Waals surface area contributed by atoms with Crippen LogP contribution in [0.2, 0.25) is 0 Å². The first kappa shape index (κ1) is 8.03. The van der Waals surface area contributed by atoms with Gasteiger partial charge in [0.15, 0.2) is 0 Å². The van der Waals surface area contributed by atoms with Crippen molar-refractivity contribution in [1.82, 2.24) is 9.97 Å². The molecule has 0 unspecified atom stereocenters. The van der Waals surface area contributed by atoms with E-state index >= 15 is 0 Å². The van der Waals surface area contributed by atoms with E-state index in [9.17, 15) is 0 Å². The number of halogens is 1. The van der Waals surface area contributed by atoms with Gasteiger partial charge in [0, 0.05) is 12.4 Å². The maximum absolute atomic E-state index is 5.37. The van der Waals surface area contributed by atoms with Gasteiger partial charge in [0.05, 0.1) is 11.4 Å². The number of hydrogen-bond acceptors (Lipinski definition) is 2. The summed E-state index contributed by atoms with van der Waals surface area (Å²) >= 11 is 5.37. The van der Waals surface area contributed by atoms with E-state index in [0.717, 1.165) is 11.4 Å². The van der Waals surface area contributed by atoms with Crippen LogP contribution < -0.4 is 0 Å². The molecule has 2 nitrogen and oxygen atoms in total. The molecule has 0 radical (unpaired) electrons. The Bertz CT molecular complexity index is 281. The van der Waals surface area contributed by atoms with Crippen LogP contribution in [-0.4, -0.2) is 15.8 Å². The van der Waals surface area contributed by atoms with Crippen LogP contribution >= 0.6 is 11.6 Å². The maximum Gasteiger partial charge on any atom is 0.125 e. The summed E-state index contributed by atoms with van der Waals surface area (Å²) in [5, 5.41) is 0. The number of aryl methyl sites for hydroxylation is 1. The first-order chi connectivity index (χ1) is 5.33. The first-order valence-electron chi connectivity index (χ1n) is 3.16. The lowest BCUT2D eigenvalue weighted by Gasteiger charge is -1.88. The molecule has 0 fully saturated rings. The molecule has 3 heteroatoms. The highest BCUT2D eigenvalue weighted by Crippen LogP contribution is 1.91. The zero-order chi connectivity index (χ0) is 8.10. The fourth-order valence-electron chi connectivity index (χ4n) is 0.593. The van der Waals surface area contributed by atoms with Gasteiger partial charge in [0.25, 0.3) is 0 Å². The molecule has 1 rings (SSSR count). The number of hydrogen-bond donors (Lipinski definition) is 0.